The van der Waals surface area contributed by atoms with Crippen LogP contribution in [0.25, 0.3) is 20.3 Å². The Hall–Kier alpha value is -2.03. The zero-order chi connectivity index (χ0) is 19.1. The molecule has 1 saturated heterocycles. The van der Waals surface area contributed by atoms with Crippen LogP contribution in [-0.2, 0) is 4.79 Å². The molecule has 1 aliphatic heterocycles. The van der Waals surface area contributed by atoms with Crippen LogP contribution in [0.5, 0.6) is 5.75 Å². The van der Waals surface area contributed by atoms with Gasteiger partial charge in [-0.1, -0.05) is 0 Å². The highest BCUT2D eigenvalue weighted by Gasteiger charge is 2.26. The monoisotopic (exact) mass is 429 g/mol. The van der Waals surface area contributed by atoms with Gasteiger partial charge in [0.2, 0.25) is 0 Å². The zero-order valence-electron chi connectivity index (χ0n) is 15.4. The van der Waals surface area contributed by atoms with Gasteiger partial charge in [0, 0.05) is 42.0 Å². The average molecular weight is 430 g/mol. The number of amides is 1. The Labute approximate surface area is 174 Å². The topological polar surface area (TPSA) is 55.3 Å². The molecule has 1 aliphatic rings. The lowest BCUT2D eigenvalue weighted by molar-refractivity contribution is -0.134. The minimum Gasteiger partial charge on any atom is -0.483 e. The zero-order valence-corrected chi connectivity index (χ0v) is 17.8. The fourth-order valence-corrected chi connectivity index (χ4v) is 6.38. The van der Waals surface area contributed by atoms with Crippen molar-refractivity contribution in [2.45, 2.75) is 25.7 Å². The Balaban J connectivity index is 1.33. The van der Waals surface area contributed by atoms with Crippen LogP contribution < -0.4 is 4.74 Å². The first-order valence-electron chi connectivity index (χ1n) is 9.26. The Morgan fingerprint density at radius 3 is 3.14 bits per heavy atom. The van der Waals surface area contributed by atoms with Gasteiger partial charge in [-0.15, -0.1) is 34.0 Å². The van der Waals surface area contributed by atoms with Crippen molar-refractivity contribution in [2.24, 2.45) is 0 Å². The van der Waals surface area contributed by atoms with E-state index >= 15 is 0 Å². The Morgan fingerprint density at radius 2 is 2.29 bits per heavy atom. The normalized spacial score (nSPS) is 17.5. The van der Waals surface area contributed by atoms with E-state index in [2.05, 4.69) is 15.3 Å². The quantitative estimate of drug-likeness (QED) is 0.455. The van der Waals surface area contributed by atoms with Crippen LogP contribution in [0.15, 0.2) is 29.1 Å². The van der Waals surface area contributed by atoms with Crippen LogP contribution in [0.4, 0.5) is 0 Å². The predicted octanol–water partition coefficient (Wildman–Crippen LogP) is 5.06. The summed E-state index contributed by atoms with van der Waals surface area (Å²) in [5.41, 5.74) is 1.04. The molecule has 1 aromatic carbocycles. The predicted molar refractivity (Wildman–Crippen MR) is 116 cm³/mol. The molecule has 5 nitrogen and oxygen atoms in total. The molecule has 0 N–H and O–H groups in total. The van der Waals surface area contributed by atoms with Crippen molar-refractivity contribution in [3.63, 3.8) is 0 Å². The third-order valence-corrected chi connectivity index (χ3v) is 7.87. The third kappa shape index (κ3) is 3.29. The maximum Gasteiger partial charge on any atom is 0.260 e. The summed E-state index contributed by atoms with van der Waals surface area (Å²) in [5.74, 6) is 1.16. The molecule has 0 aliphatic carbocycles. The smallest absolute Gasteiger partial charge is 0.260 e. The number of likely N-dealkylation sites (tertiary alicyclic amines) is 1. The lowest BCUT2D eigenvalue weighted by Crippen LogP contribution is -2.41. The lowest BCUT2D eigenvalue weighted by atomic mass is 9.99. The van der Waals surface area contributed by atoms with Gasteiger partial charge in [-0.3, -0.25) is 4.79 Å². The molecule has 5 rings (SSSR count). The highest BCUT2D eigenvalue weighted by molar-refractivity contribution is 7.21. The minimum atomic E-state index is 0.0465. The third-order valence-electron chi connectivity index (χ3n) is 5.09. The van der Waals surface area contributed by atoms with Crippen LogP contribution in [-0.4, -0.2) is 40.5 Å². The van der Waals surface area contributed by atoms with Crippen molar-refractivity contribution in [3.8, 4) is 5.75 Å². The van der Waals surface area contributed by atoms with Crippen molar-refractivity contribution < 1.29 is 9.53 Å². The van der Waals surface area contributed by atoms with Crippen LogP contribution in [0, 0.1) is 6.92 Å². The number of hydrogen-bond acceptors (Lipinski definition) is 7. The molecular formula is C20H19N3O2S3. The number of hydrogen-bond donors (Lipinski definition) is 0. The number of aromatic nitrogens is 2. The van der Waals surface area contributed by atoms with Gasteiger partial charge in [0.1, 0.15) is 5.75 Å². The van der Waals surface area contributed by atoms with E-state index in [-0.39, 0.29) is 12.5 Å². The molecule has 4 aromatic rings. The first kappa shape index (κ1) is 18.0. The summed E-state index contributed by atoms with van der Waals surface area (Å²) < 4.78 is 8.26. The molecule has 0 spiro atoms. The van der Waals surface area contributed by atoms with Gasteiger partial charge in [-0.2, -0.15) is 0 Å². The van der Waals surface area contributed by atoms with Gasteiger partial charge in [-0.25, -0.2) is 9.97 Å². The molecule has 144 valence electrons. The number of carbonyl (C=O) groups is 1. The van der Waals surface area contributed by atoms with Crippen LogP contribution in [0.2, 0.25) is 0 Å². The lowest BCUT2D eigenvalue weighted by Gasteiger charge is -2.31. The number of carbonyl (C=O) groups excluding carboxylic acids is 1. The molecule has 0 bridgehead atoms. The number of benzene rings is 1. The highest BCUT2D eigenvalue weighted by Crippen LogP contribution is 2.39. The van der Waals surface area contributed by atoms with E-state index in [4.69, 9.17) is 4.74 Å². The highest BCUT2D eigenvalue weighted by atomic mass is 32.1. The number of piperidine rings is 1. The molecule has 3 aromatic heterocycles. The number of aryl methyl sites for hydroxylation is 1. The van der Waals surface area contributed by atoms with Gasteiger partial charge < -0.3 is 9.64 Å². The first-order chi connectivity index (χ1) is 13.7. The summed E-state index contributed by atoms with van der Waals surface area (Å²) in [6, 6.07) is 4.07. The minimum absolute atomic E-state index is 0.0465. The second-order valence-corrected chi connectivity index (χ2v) is 10.0. The molecular weight excluding hydrogens is 410 g/mol. The number of rotatable bonds is 4. The number of thiazole rings is 2. The van der Waals surface area contributed by atoms with Gasteiger partial charge in [0.05, 0.1) is 24.9 Å². The van der Waals surface area contributed by atoms with E-state index in [0.717, 1.165) is 62.0 Å². The van der Waals surface area contributed by atoms with Crippen LogP contribution in [0.3, 0.4) is 0 Å². The summed E-state index contributed by atoms with van der Waals surface area (Å²) in [5, 5.41) is 7.26. The summed E-state index contributed by atoms with van der Waals surface area (Å²) in [4.78, 5) is 23.8. The molecule has 0 radical (unpaired) electrons. The summed E-state index contributed by atoms with van der Waals surface area (Å²) in [7, 11) is 0. The van der Waals surface area contributed by atoms with Crippen LogP contribution in [0.1, 0.15) is 28.8 Å². The van der Waals surface area contributed by atoms with Crippen molar-refractivity contribution in [1.29, 1.82) is 0 Å². The van der Waals surface area contributed by atoms with E-state index in [0.29, 0.717) is 5.92 Å². The number of thiophene rings is 1. The SMILES string of the molecule is Cc1nc2c(cc(OCC(=O)N3CCCC(c4nccs4)C3)c3ccsc32)s1. The summed E-state index contributed by atoms with van der Waals surface area (Å²) in [6.45, 7) is 3.61. The van der Waals surface area contributed by atoms with Crippen molar-refractivity contribution in [3.05, 3.63) is 39.1 Å². The summed E-state index contributed by atoms with van der Waals surface area (Å²) >= 11 is 5.00. The van der Waals surface area contributed by atoms with Gasteiger partial charge in [-0.05, 0) is 31.2 Å². The molecule has 1 unspecified atom stereocenters. The molecule has 8 heteroatoms. The Morgan fingerprint density at radius 1 is 1.36 bits per heavy atom. The van der Waals surface area contributed by atoms with Gasteiger partial charge >= 0.3 is 0 Å². The molecule has 0 saturated carbocycles. The molecule has 1 fully saturated rings. The van der Waals surface area contributed by atoms with E-state index in [9.17, 15) is 4.79 Å². The summed E-state index contributed by atoms with van der Waals surface area (Å²) in [6.07, 6.45) is 3.94. The van der Waals surface area contributed by atoms with E-state index in [1.165, 1.54) is 0 Å². The second kappa shape index (κ2) is 7.42. The average Bonchev–Trinajstić information content (AvgIpc) is 3.45. The maximum absolute atomic E-state index is 12.8. The fourth-order valence-electron chi connectivity index (χ4n) is 3.78. The number of ether oxygens (including phenoxy) is 1. The first-order valence-corrected chi connectivity index (χ1v) is 11.8. The fraction of sp³-hybridized carbons (Fsp3) is 0.350. The largest absolute Gasteiger partial charge is 0.483 e. The Bertz CT molecular complexity index is 1130. The van der Waals surface area contributed by atoms with Crippen molar-refractivity contribution in [1.82, 2.24) is 14.9 Å². The van der Waals surface area contributed by atoms with Crippen molar-refractivity contribution in [2.75, 3.05) is 19.7 Å². The number of nitrogens with zero attached hydrogens (tertiary/aromatic N) is 3. The number of fused-ring (bicyclic) bond motifs is 3. The molecule has 1 amide bonds. The van der Waals surface area contributed by atoms with Gasteiger partial charge in [0.15, 0.2) is 6.61 Å². The molecule has 4 heterocycles. The standard InChI is InChI=1S/C20H19N3O2S3/c1-12-22-18-16(28-12)9-15(14-4-7-26-19(14)18)25-11-17(24)23-6-2-3-13(10-23)20-21-5-8-27-20/h4-5,7-9,13H,2-3,6,10-11H2,1H3. The van der Waals surface area contributed by atoms with E-state index < -0.39 is 0 Å². The van der Waals surface area contributed by atoms with Gasteiger partial charge in [0.25, 0.3) is 5.91 Å². The molecule has 1 atom stereocenters. The van der Waals surface area contributed by atoms with E-state index in [1.807, 2.05) is 35.5 Å². The maximum atomic E-state index is 12.8. The van der Waals surface area contributed by atoms with Crippen molar-refractivity contribution >= 4 is 60.2 Å². The van der Waals surface area contributed by atoms with Crippen LogP contribution >= 0.6 is 34.0 Å². The van der Waals surface area contributed by atoms with E-state index in [1.54, 1.807) is 34.0 Å². The second-order valence-electron chi connectivity index (χ2n) is 6.96. The Kier molecular flexibility index (Phi) is 4.78. The molecule has 28 heavy (non-hydrogen) atoms.